The van der Waals surface area contributed by atoms with Gasteiger partial charge in [0.2, 0.25) is 0 Å². The lowest BCUT2D eigenvalue weighted by molar-refractivity contribution is -0.137. The highest BCUT2D eigenvalue weighted by Crippen LogP contribution is 2.43. The van der Waals surface area contributed by atoms with Gasteiger partial charge in [-0.15, -0.1) is 0 Å². The summed E-state index contributed by atoms with van der Waals surface area (Å²) in [5, 5.41) is 13.0. The average Bonchev–Trinajstić information content (AvgIpc) is 2.71. The van der Waals surface area contributed by atoms with E-state index in [1.807, 2.05) is 0 Å². The minimum Gasteiger partial charge on any atom is -0.372 e. The highest BCUT2D eigenvalue weighted by atomic mass is 19.4. The van der Waals surface area contributed by atoms with Crippen molar-refractivity contribution < 1.29 is 23.1 Å². The maximum absolute atomic E-state index is 12.7. The molecule has 0 saturated heterocycles. The number of nitrogens with one attached hydrogen (secondary N) is 1. The maximum Gasteiger partial charge on any atom is 0.416 e. The Morgan fingerprint density at radius 3 is 2.33 bits per heavy atom. The van der Waals surface area contributed by atoms with Crippen LogP contribution >= 0.6 is 0 Å². The largest absolute Gasteiger partial charge is 0.416 e. The molecule has 1 aliphatic heterocycles. The standard InChI is InChI=1S/C15H10F3NO2/c16-15(17,18)10-6-7-11-12(8-10)19-13(20)14(11,21)9-4-2-1-3-5-9/h1-8,21H,(H,19,20)/t14-/m1/s1. The number of hydrogen-bond acceptors (Lipinski definition) is 2. The van der Waals surface area contributed by atoms with Crippen LogP contribution in [-0.4, -0.2) is 11.0 Å². The van der Waals surface area contributed by atoms with Gasteiger partial charge >= 0.3 is 6.18 Å². The fourth-order valence-corrected chi connectivity index (χ4v) is 2.44. The van der Waals surface area contributed by atoms with Crippen molar-refractivity contribution in [2.45, 2.75) is 11.8 Å². The fraction of sp³-hybridized carbons (Fsp3) is 0.133. The van der Waals surface area contributed by atoms with Gasteiger partial charge in [0.25, 0.3) is 5.91 Å². The lowest BCUT2D eigenvalue weighted by Crippen LogP contribution is -2.35. The molecule has 0 unspecified atom stereocenters. The summed E-state index contributed by atoms with van der Waals surface area (Å²) >= 11 is 0. The van der Waals surface area contributed by atoms with E-state index in [9.17, 15) is 23.1 Å². The van der Waals surface area contributed by atoms with Crippen molar-refractivity contribution in [3.05, 3.63) is 65.2 Å². The summed E-state index contributed by atoms with van der Waals surface area (Å²) in [6.07, 6.45) is -4.51. The number of halogens is 3. The van der Waals surface area contributed by atoms with Crippen LogP contribution in [0.2, 0.25) is 0 Å². The lowest BCUT2D eigenvalue weighted by Gasteiger charge is -2.21. The van der Waals surface area contributed by atoms with Crippen LogP contribution in [0.5, 0.6) is 0 Å². The molecule has 0 bridgehead atoms. The fourth-order valence-electron chi connectivity index (χ4n) is 2.44. The molecule has 21 heavy (non-hydrogen) atoms. The van der Waals surface area contributed by atoms with Gasteiger partial charge in [-0.25, -0.2) is 0 Å². The van der Waals surface area contributed by atoms with Gasteiger partial charge in [0.05, 0.1) is 5.56 Å². The molecule has 0 aliphatic carbocycles. The Balaban J connectivity index is 2.16. The minimum absolute atomic E-state index is 0.0267. The monoisotopic (exact) mass is 293 g/mol. The van der Waals surface area contributed by atoms with Crippen LogP contribution in [0.15, 0.2) is 48.5 Å². The van der Waals surface area contributed by atoms with Gasteiger partial charge in [0, 0.05) is 11.3 Å². The molecule has 1 amide bonds. The van der Waals surface area contributed by atoms with E-state index in [4.69, 9.17) is 0 Å². The number of alkyl halides is 3. The summed E-state index contributed by atoms with van der Waals surface area (Å²) in [6, 6.07) is 10.9. The molecule has 1 atom stereocenters. The zero-order valence-corrected chi connectivity index (χ0v) is 10.6. The van der Waals surface area contributed by atoms with Crippen LogP contribution in [-0.2, 0) is 16.6 Å². The van der Waals surface area contributed by atoms with Gasteiger partial charge in [-0.2, -0.15) is 13.2 Å². The highest BCUT2D eigenvalue weighted by Gasteiger charge is 2.47. The molecule has 2 aromatic rings. The van der Waals surface area contributed by atoms with Gasteiger partial charge < -0.3 is 10.4 Å². The number of rotatable bonds is 1. The molecule has 0 fully saturated rings. The van der Waals surface area contributed by atoms with E-state index in [0.717, 1.165) is 18.2 Å². The second kappa shape index (κ2) is 4.33. The van der Waals surface area contributed by atoms with Crippen LogP contribution in [0.25, 0.3) is 0 Å². The number of amides is 1. The topological polar surface area (TPSA) is 49.3 Å². The summed E-state index contributed by atoms with van der Waals surface area (Å²) in [6.45, 7) is 0. The van der Waals surface area contributed by atoms with Crippen LogP contribution in [0, 0.1) is 0 Å². The summed E-state index contributed by atoms with van der Waals surface area (Å²) in [7, 11) is 0. The Bertz CT molecular complexity index is 713. The first kappa shape index (κ1) is 13.6. The van der Waals surface area contributed by atoms with Crippen molar-refractivity contribution >= 4 is 11.6 Å². The molecular formula is C15H10F3NO2. The van der Waals surface area contributed by atoms with Gasteiger partial charge in [0.15, 0.2) is 5.60 Å². The molecule has 1 aliphatic rings. The predicted molar refractivity (Wildman–Crippen MR) is 69.5 cm³/mol. The summed E-state index contributed by atoms with van der Waals surface area (Å²) in [4.78, 5) is 12.1. The second-order valence-corrected chi connectivity index (χ2v) is 4.79. The number of aliphatic hydroxyl groups is 1. The molecule has 0 spiro atoms. The molecule has 6 heteroatoms. The summed E-state index contributed by atoms with van der Waals surface area (Å²) in [5.41, 5.74) is -2.45. The van der Waals surface area contributed by atoms with Crippen molar-refractivity contribution in [2.75, 3.05) is 5.32 Å². The van der Waals surface area contributed by atoms with Crippen molar-refractivity contribution in [3.63, 3.8) is 0 Å². The number of anilines is 1. The number of carbonyl (C=O) groups excluding carboxylic acids is 1. The Morgan fingerprint density at radius 2 is 1.71 bits per heavy atom. The van der Waals surface area contributed by atoms with Crippen LogP contribution in [0.4, 0.5) is 18.9 Å². The first-order valence-corrected chi connectivity index (χ1v) is 6.14. The van der Waals surface area contributed by atoms with E-state index in [0.29, 0.717) is 5.56 Å². The van der Waals surface area contributed by atoms with E-state index < -0.39 is 23.2 Å². The van der Waals surface area contributed by atoms with Crippen molar-refractivity contribution in [1.29, 1.82) is 0 Å². The summed E-state index contributed by atoms with van der Waals surface area (Å²) < 4.78 is 38.1. The van der Waals surface area contributed by atoms with Gasteiger partial charge in [0.1, 0.15) is 0 Å². The Labute approximate surface area is 118 Å². The quantitative estimate of drug-likeness (QED) is 0.849. The van der Waals surface area contributed by atoms with Crippen LogP contribution in [0.1, 0.15) is 16.7 Å². The third kappa shape index (κ3) is 1.99. The SMILES string of the molecule is O=C1Nc2cc(C(F)(F)F)ccc2[C@]1(O)c1ccccc1. The van der Waals surface area contributed by atoms with E-state index in [1.165, 1.54) is 0 Å². The number of benzene rings is 2. The van der Waals surface area contributed by atoms with E-state index in [2.05, 4.69) is 5.32 Å². The Hall–Kier alpha value is -2.34. The van der Waals surface area contributed by atoms with Crippen molar-refractivity contribution in [1.82, 2.24) is 0 Å². The van der Waals surface area contributed by atoms with E-state index in [1.54, 1.807) is 30.3 Å². The van der Waals surface area contributed by atoms with Gasteiger partial charge in [-0.3, -0.25) is 4.79 Å². The summed E-state index contributed by atoms with van der Waals surface area (Å²) in [5.74, 6) is -0.761. The molecule has 2 N–H and O–H groups in total. The second-order valence-electron chi connectivity index (χ2n) is 4.79. The molecule has 2 aromatic carbocycles. The van der Waals surface area contributed by atoms with E-state index in [-0.39, 0.29) is 11.3 Å². The maximum atomic E-state index is 12.7. The zero-order chi connectivity index (χ0) is 15.3. The zero-order valence-electron chi connectivity index (χ0n) is 10.6. The number of fused-ring (bicyclic) bond motifs is 1. The molecule has 0 saturated carbocycles. The van der Waals surface area contributed by atoms with Crippen molar-refractivity contribution in [3.8, 4) is 0 Å². The molecule has 3 rings (SSSR count). The third-order valence-corrected chi connectivity index (χ3v) is 3.51. The lowest BCUT2D eigenvalue weighted by atomic mass is 9.87. The van der Waals surface area contributed by atoms with Gasteiger partial charge in [-0.1, -0.05) is 36.4 Å². The van der Waals surface area contributed by atoms with E-state index >= 15 is 0 Å². The van der Waals surface area contributed by atoms with Crippen LogP contribution < -0.4 is 5.32 Å². The molecule has 0 radical (unpaired) electrons. The first-order chi connectivity index (χ1) is 9.83. The minimum atomic E-state index is -4.51. The Morgan fingerprint density at radius 1 is 1.05 bits per heavy atom. The van der Waals surface area contributed by atoms with Gasteiger partial charge in [-0.05, 0) is 17.7 Å². The first-order valence-electron chi connectivity index (χ1n) is 6.14. The molecular weight excluding hydrogens is 283 g/mol. The average molecular weight is 293 g/mol. The molecule has 1 heterocycles. The molecule has 108 valence electrons. The third-order valence-electron chi connectivity index (χ3n) is 3.51. The molecule has 0 aromatic heterocycles. The Kier molecular flexibility index (Phi) is 2.81. The molecule has 3 nitrogen and oxygen atoms in total. The van der Waals surface area contributed by atoms with Crippen molar-refractivity contribution in [2.24, 2.45) is 0 Å². The normalized spacial score (nSPS) is 21.0. The number of hydrogen-bond donors (Lipinski definition) is 2. The predicted octanol–water partition coefficient (Wildman–Crippen LogP) is 2.89. The smallest absolute Gasteiger partial charge is 0.372 e. The number of carbonyl (C=O) groups is 1. The highest BCUT2D eigenvalue weighted by molar-refractivity contribution is 6.07. The van der Waals surface area contributed by atoms with Crippen LogP contribution in [0.3, 0.4) is 0 Å².